The fourth-order valence-corrected chi connectivity index (χ4v) is 3.29. The predicted molar refractivity (Wildman–Crippen MR) is 74.1 cm³/mol. The summed E-state index contributed by atoms with van der Waals surface area (Å²) < 4.78 is 25.0. The summed E-state index contributed by atoms with van der Waals surface area (Å²) in [6, 6.07) is 6.76. The zero-order valence-corrected chi connectivity index (χ0v) is 12.3. The molecule has 0 radical (unpaired) electrons. The smallest absolute Gasteiger partial charge is 0.262 e. The van der Waals surface area contributed by atoms with Crippen LogP contribution < -0.4 is 5.48 Å². The van der Waals surface area contributed by atoms with Crippen LogP contribution in [0, 0.1) is 0 Å². The Bertz CT molecular complexity index is 600. The van der Waals surface area contributed by atoms with E-state index >= 15 is 0 Å². The molecule has 1 aliphatic heterocycles. The first-order valence-corrected chi connectivity index (χ1v) is 8.23. The molecule has 1 heterocycles. The number of fused-ring (bicyclic) bond motifs is 1. The Balaban J connectivity index is 2.30. The van der Waals surface area contributed by atoms with Gasteiger partial charge in [-0.2, -0.15) is 4.31 Å². The molecule has 1 aromatic carbocycles. The minimum Gasteiger partial charge on any atom is -0.274 e. The van der Waals surface area contributed by atoms with Crippen LogP contribution in [-0.2, 0) is 32.6 Å². The van der Waals surface area contributed by atoms with Gasteiger partial charge >= 0.3 is 0 Å². The third kappa shape index (κ3) is 3.17. The first-order chi connectivity index (χ1) is 9.43. The normalized spacial score (nSPS) is 19.4. The average Bonchev–Trinajstić information content (AvgIpc) is 2.42. The molecule has 0 aromatic heterocycles. The van der Waals surface area contributed by atoms with Gasteiger partial charge in [-0.15, -0.1) is 0 Å². The van der Waals surface area contributed by atoms with E-state index in [4.69, 9.17) is 4.84 Å². The molecule has 0 saturated carbocycles. The molecule has 0 spiro atoms. The maximum Gasteiger partial charge on any atom is 0.262 e. The zero-order valence-electron chi connectivity index (χ0n) is 11.5. The maximum absolute atomic E-state index is 12.1. The molecule has 1 atom stereocenters. The van der Waals surface area contributed by atoms with E-state index in [-0.39, 0.29) is 6.54 Å². The Kier molecular flexibility index (Phi) is 4.42. The molecule has 7 heteroatoms. The van der Waals surface area contributed by atoms with Gasteiger partial charge in [0.15, 0.2) is 0 Å². The summed E-state index contributed by atoms with van der Waals surface area (Å²) in [7, 11) is -3.47. The van der Waals surface area contributed by atoms with Crippen molar-refractivity contribution in [2.24, 2.45) is 0 Å². The van der Waals surface area contributed by atoms with Crippen molar-refractivity contribution in [3.63, 3.8) is 0 Å². The van der Waals surface area contributed by atoms with Gasteiger partial charge in [-0.1, -0.05) is 24.3 Å². The summed E-state index contributed by atoms with van der Waals surface area (Å²) >= 11 is 0. The first-order valence-electron chi connectivity index (χ1n) is 6.38. The van der Waals surface area contributed by atoms with E-state index in [9.17, 15) is 13.2 Å². The van der Waals surface area contributed by atoms with Crippen LogP contribution in [0.4, 0.5) is 0 Å². The Morgan fingerprint density at radius 1 is 1.40 bits per heavy atom. The minimum absolute atomic E-state index is 0.208. The molecule has 6 nitrogen and oxygen atoms in total. The van der Waals surface area contributed by atoms with Gasteiger partial charge in [0.25, 0.3) is 5.91 Å². The SMILES string of the molecule is CCONC(=O)C1Cc2ccccc2CN1S(C)(=O)=O. The van der Waals surface area contributed by atoms with Crippen molar-refractivity contribution in [3.8, 4) is 0 Å². The van der Waals surface area contributed by atoms with Crippen molar-refractivity contribution < 1.29 is 18.0 Å². The summed E-state index contributed by atoms with van der Waals surface area (Å²) in [5, 5.41) is 0. The molecular weight excluding hydrogens is 280 g/mol. The third-order valence-electron chi connectivity index (χ3n) is 3.25. The van der Waals surface area contributed by atoms with Crippen LogP contribution >= 0.6 is 0 Å². The largest absolute Gasteiger partial charge is 0.274 e. The number of amides is 1. The number of nitrogens with one attached hydrogen (secondary N) is 1. The standard InChI is InChI=1S/C13H18N2O4S/c1-3-19-14-13(16)12-8-10-6-4-5-7-11(10)9-15(12)20(2,17)18/h4-7,12H,3,8-9H2,1-2H3,(H,14,16). The number of carbonyl (C=O) groups is 1. The highest BCUT2D eigenvalue weighted by Crippen LogP contribution is 2.25. The Labute approximate surface area is 118 Å². The monoisotopic (exact) mass is 298 g/mol. The minimum atomic E-state index is -3.47. The topological polar surface area (TPSA) is 75.7 Å². The molecule has 2 rings (SSSR count). The molecule has 1 aromatic rings. The van der Waals surface area contributed by atoms with Crippen molar-refractivity contribution >= 4 is 15.9 Å². The van der Waals surface area contributed by atoms with Crippen molar-refractivity contribution in [3.05, 3.63) is 35.4 Å². The molecule has 0 aliphatic carbocycles. The number of sulfonamides is 1. The fourth-order valence-electron chi connectivity index (χ4n) is 2.28. The second kappa shape index (κ2) is 5.90. The molecule has 1 unspecified atom stereocenters. The van der Waals surface area contributed by atoms with Gasteiger partial charge in [-0.05, 0) is 24.5 Å². The number of nitrogens with zero attached hydrogens (tertiary/aromatic N) is 1. The van der Waals surface area contributed by atoms with Gasteiger partial charge in [0.05, 0.1) is 12.9 Å². The van der Waals surface area contributed by atoms with Crippen molar-refractivity contribution in [2.45, 2.75) is 25.9 Å². The van der Waals surface area contributed by atoms with Crippen LogP contribution in [0.5, 0.6) is 0 Å². The Morgan fingerprint density at radius 3 is 2.65 bits per heavy atom. The van der Waals surface area contributed by atoms with E-state index in [0.717, 1.165) is 17.4 Å². The second-order valence-corrected chi connectivity index (χ2v) is 6.63. The number of carbonyl (C=O) groups excluding carboxylic acids is 1. The van der Waals surface area contributed by atoms with Crippen molar-refractivity contribution in [1.82, 2.24) is 9.79 Å². The van der Waals surface area contributed by atoms with Gasteiger partial charge in [0, 0.05) is 6.54 Å². The first kappa shape index (κ1) is 15.0. The maximum atomic E-state index is 12.1. The molecule has 1 amide bonds. The highest BCUT2D eigenvalue weighted by Gasteiger charge is 2.36. The van der Waals surface area contributed by atoms with Gasteiger partial charge in [0.1, 0.15) is 6.04 Å². The van der Waals surface area contributed by atoms with E-state index in [0.29, 0.717) is 13.0 Å². The number of hydrogen-bond donors (Lipinski definition) is 1. The van der Waals surface area contributed by atoms with Crippen LogP contribution in [0.15, 0.2) is 24.3 Å². The van der Waals surface area contributed by atoms with Crippen molar-refractivity contribution in [2.75, 3.05) is 12.9 Å². The molecule has 0 bridgehead atoms. The number of benzene rings is 1. The number of hydrogen-bond acceptors (Lipinski definition) is 4. The van der Waals surface area contributed by atoms with E-state index in [2.05, 4.69) is 5.48 Å². The van der Waals surface area contributed by atoms with Crippen molar-refractivity contribution in [1.29, 1.82) is 0 Å². The Hall–Kier alpha value is -1.44. The van der Waals surface area contributed by atoms with E-state index in [1.54, 1.807) is 6.92 Å². The molecule has 0 saturated heterocycles. The van der Waals surface area contributed by atoms with E-state index in [1.807, 2.05) is 24.3 Å². The summed E-state index contributed by atoms with van der Waals surface area (Å²) in [4.78, 5) is 17.0. The van der Waals surface area contributed by atoms with Crippen LogP contribution in [0.1, 0.15) is 18.1 Å². The lowest BCUT2D eigenvalue weighted by molar-refractivity contribution is -0.137. The van der Waals surface area contributed by atoms with Gasteiger partial charge in [0.2, 0.25) is 10.0 Å². The highest BCUT2D eigenvalue weighted by molar-refractivity contribution is 7.88. The fraction of sp³-hybridized carbons (Fsp3) is 0.462. The lowest BCUT2D eigenvalue weighted by Gasteiger charge is -2.33. The number of rotatable bonds is 4. The quantitative estimate of drug-likeness (QED) is 0.819. The lowest BCUT2D eigenvalue weighted by Crippen LogP contribution is -2.52. The molecule has 20 heavy (non-hydrogen) atoms. The molecule has 0 fully saturated rings. The zero-order chi connectivity index (χ0) is 14.8. The summed E-state index contributed by atoms with van der Waals surface area (Å²) in [6.07, 6.45) is 1.46. The van der Waals surface area contributed by atoms with Crippen LogP contribution in [0.3, 0.4) is 0 Å². The molecule has 110 valence electrons. The molecule has 1 aliphatic rings. The lowest BCUT2D eigenvalue weighted by atomic mass is 9.95. The Morgan fingerprint density at radius 2 is 2.05 bits per heavy atom. The highest BCUT2D eigenvalue weighted by atomic mass is 32.2. The molecular formula is C13H18N2O4S. The number of hydroxylamine groups is 1. The third-order valence-corrected chi connectivity index (χ3v) is 4.49. The second-order valence-electron chi connectivity index (χ2n) is 4.70. The average molecular weight is 298 g/mol. The van der Waals surface area contributed by atoms with E-state index < -0.39 is 22.0 Å². The summed E-state index contributed by atoms with van der Waals surface area (Å²) in [5.41, 5.74) is 4.21. The summed E-state index contributed by atoms with van der Waals surface area (Å²) in [6.45, 7) is 2.28. The summed E-state index contributed by atoms with van der Waals surface area (Å²) in [5.74, 6) is -0.438. The van der Waals surface area contributed by atoms with Crippen LogP contribution in [0.25, 0.3) is 0 Å². The molecule has 1 N–H and O–H groups in total. The van der Waals surface area contributed by atoms with Crippen LogP contribution in [0.2, 0.25) is 0 Å². The van der Waals surface area contributed by atoms with Gasteiger partial charge in [-0.3, -0.25) is 9.63 Å². The van der Waals surface area contributed by atoms with Crippen LogP contribution in [-0.4, -0.2) is 37.5 Å². The van der Waals surface area contributed by atoms with Gasteiger partial charge in [-0.25, -0.2) is 13.9 Å². The predicted octanol–water partition coefficient (Wildman–Crippen LogP) is 0.441. The van der Waals surface area contributed by atoms with E-state index in [1.165, 1.54) is 4.31 Å². The van der Waals surface area contributed by atoms with Gasteiger partial charge < -0.3 is 0 Å².